The maximum Gasteiger partial charge on any atom is 0.274 e. The maximum atomic E-state index is 14.0. The number of aromatic nitrogens is 4. The molecule has 0 saturated carbocycles. The molecule has 0 fully saturated rings. The van der Waals surface area contributed by atoms with Crippen molar-refractivity contribution in [2.45, 2.75) is 6.54 Å². The van der Waals surface area contributed by atoms with Gasteiger partial charge in [0.25, 0.3) is 5.91 Å². The summed E-state index contributed by atoms with van der Waals surface area (Å²) in [6, 6.07) is 11.0. The molecule has 0 spiro atoms. The molecule has 0 atom stereocenters. The number of rotatable bonds is 5. The van der Waals surface area contributed by atoms with Crippen LogP contribution in [0.1, 0.15) is 16.1 Å². The highest BCUT2D eigenvalue weighted by Crippen LogP contribution is 2.30. The zero-order valence-corrected chi connectivity index (χ0v) is 19.3. The van der Waals surface area contributed by atoms with Crippen molar-refractivity contribution in [3.05, 3.63) is 85.3 Å². The molecule has 2 aromatic heterocycles. The van der Waals surface area contributed by atoms with Gasteiger partial charge in [-0.05, 0) is 52.3 Å². The van der Waals surface area contributed by atoms with Crippen LogP contribution in [-0.2, 0) is 6.54 Å². The molecule has 2 aromatic carbocycles. The molecule has 0 radical (unpaired) electrons. The molecule has 31 heavy (non-hydrogen) atoms. The van der Waals surface area contributed by atoms with Gasteiger partial charge in [-0.25, -0.2) is 4.39 Å². The molecule has 6 nitrogen and oxygen atoms in total. The molecule has 158 valence electrons. The summed E-state index contributed by atoms with van der Waals surface area (Å²) < 4.78 is 16.0. The number of hydrogen-bond acceptors (Lipinski definition) is 3. The minimum atomic E-state index is -0.460. The Hall–Kier alpha value is -2.39. The number of halogens is 5. The van der Waals surface area contributed by atoms with Gasteiger partial charge in [0.2, 0.25) is 0 Å². The van der Waals surface area contributed by atoms with E-state index in [0.717, 1.165) is 0 Å². The van der Waals surface area contributed by atoms with Gasteiger partial charge in [0.15, 0.2) is 5.82 Å². The average molecular weight is 544 g/mol. The van der Waals surface area contributed by atoms with Crippen molar-refractivity contribution >= 4 is 62.5 Å². The van der Waals surface area contributed by atoms with Crippen LogP contribution < -0.4 is 5.32 Å². The number of carbonyl (C=O) groups is 1. The van der Waals surface area contributed by atoms with Gasteiger partial charge < -0.3 is 5.32 Å². The standard InChI is InChI=1S/C20H12BrCl3FN5O/c21-13-9-30(8-12-14(23)2-1-3-16(12)25)29-19(13)26-20(31)18-7-17(27-28-18)11-5-4-10(22)6-15(11)24/h1-7,9H,8H2,(H,27,28)(H,26,29,31). The van der Waals surface area contributed by atoms with Crippen LogP contribution >= 0.6 is 50.7 Å². The molecule has 0 aliphatic carbocycles. The van der Waals surface area contributed by atoms with E-state index in [1.54, 1.807) is 36.5 Å². The Morgan fingerprint density at radius 1 is 1.16 bits per heavy atom. The minimum Gasteiger partial charge on any atom is -0.303 e. The van der Waals surface area contributed by atoms with E-state index >= 15 is 0 Å². The highest BCUT2D eigenvalue weighted by atomic mass is 79.9. The molecule has 2 N–H and O–H groups in total. The highest BCUT2D eigenvalue weighted by Gasteiger charge is 2.17. The summed E-state index contributed by atoms with van der Waals surface area (Å²) in [5.74, 6) is -0.632. The zero-order valence-electron chi connectivity index (χ0n) is 15.5. The fourth-order valence-corrected chi connectivity index (χ4v) is 4.00. The van der Waals surface area contributed by atoms with Crippen LogP contribution in [0.5, 0.6) is 0 Å². The van der Waals surface area contributed by atoms with Gasteiger partial charge in [-0.3, -0.25) is 14.6 Å². The first-order chi connectivity index (χ1) is 14.8. The van der Waals surface area contributed by atoms with Crippen molar-refractivity contribution in [3.8, 4) is 11.3 Å². The number of H-pyrrole nitrogens is 1. The fraction of sp³-hybridized carbons (Fsp3) is 0.0500. The average Bonchev–Trinajstić information content (AvgIpc) is 3.32. The third-order valence-corrected chi connectivity index (χ3v) is 5.84. The monoisotopic (exact) mass is 541 g/mol. The van der Waals surface area contributed by atoms with Crippen LogP contribution in [0.4, 0.5) is 10.2 Å². The molecule has 4 rings (SSSR count). The van der Waals surface area contributed by atoms with Gasteiger partial charge in [0, 0.05) is 27.4 Å². The second kappa shape index (κ2) is 9.00. The normalized spacial score (nSPS) is 11.0. The SMILES string of the molecule is O=C(Nc1nn(Cc2c(F)cccc2Cl)cc1Br)c1cc(-c2ccc(Cl)cc2Cl)n[nH]1. The lowest BCUT2D eigenvalue weighted by Gasteiger charge is -2.06. The number of nitrogens with one attached hydrogen (secondary N) is 2. The van der Waals surface area contributed by atoms with Gasteiger partial charge in [-0.2, -0.15) is 10.2 Å². The summed E-state index contributed by atoms with van der Waals surface area (Å²) in [5.41, 5.74) is 1.63. The number of amides is 1. The van der Waals surface area contributed by atoms with E-state index in [4.69, 9.17) is 34.8 Å². The van der Waals surface area contributed by atoms with Crippen LogP contribution in [0.15, 0.2) is 53.1 Å². The maximum absolute atomic E-state index is 14.0. The summed E-state index contributed by atoms with van der Waals surface area (Å²) in [6.07, 6.45) is 1.62. The van der Waals surface area contributed by atoms with E-state index in [1.807, 2.05) is 0 Å². The van der Waals surface area contributed by atoms with Gasteiger partial charge in [0.05, 0.1) is 21.7 Å². The third kappa shape index (κ3) is 4.77. The lowest BCUT2D eigenvalue weighted by Crippen LogP contribution is -2.13. The summed E-state index contributed by atoms with van der Waals surface area (Å²) in [5, 5.41) is 15.0. The van der Waals surface area contributed by atoms with Crippen molar-refractivity contribution in [1.82, 2.24) is 20.0 Å². The molecule has 0 bridgehead atoms. The number of anilines is 1. The van der Waals surface area contributed by atoms with Crippen molar-refractivity contribution in [3.63, 3.8) is 0 Å². The molecular formula is C20H12BrCl3FN5O. The Morgan fingerprint density at radius 3 is 2.71 bits per heavy atom. The lowest BCUT2D eigenvalue weighted by molar-refractivity contribution is 0.102. The Morgan fingerprint density at radius 2 is 1.97 bits per heavy atom. The Labute approximate surface area is 199 Å². The van der Waals surface area contributed by atoms with Gasteiger partial charge in [-0.1, -0.05) is 40.9 Å². The number of nitrogens with zero attached hydrogens (tertiary/aromatic N) is 3. The first-order valence-corrected chi connectivity index (χ1v) is 10.7. The molecule has 11 heteroatoms. The number of carbonyl (C=O) groups excluding carboxylic acids is 1. The van der Waals surface area contributed by atoms with Crippen LogP contribution in [-0.4, -0.2) is 25.9 Å². The smallest absolute Gasteiger partial charge is 0.274 e. The van der Waals surface area contributed by atoms with E-state index in [1.165, 1.54) is 16.8 Å². The molecule has 0 aliphatic rings. The quantitative estimate of drug-likeness (QED) is 0.304. The molecule has 0 saturated heterocycles. The third-order valence-electron chi connectivity index (χ3n) is 4.36. The predicted molar refractivity (Wildman–Crippen MR) is 122 cm³/mol. The van der Waals surface area contributed by atoms with Gasteiger partial charge in [-0.15, -0.1) is 0 Å². The van der Waals surface area contributed by atoms with E-state index in [2.05, 4.69) is 36.5 Å². The minimum absolute atomic E-state index is 0.100. The number of benzene rings is 2. The number of aromatic amines is 1. The summed E-state index contributed by atoms with van der Waals surface area (Å²) >= 11 is 21.5. The molecule has 4 aromatic rings. The fourth-order valence-electron chi connectivity index (χ4n) is 2.86. The second-order valence-corrected chi connectivity index (χ2v) is 8.57. The van der Waals surface area contributed by atoms with Crippen LogP contribution in [0.3, 0.4) is 0 Å². The Balaban J connectivity index is 1.51. The van der Waals surface area contributed by atoms with Crippen LogP contribution in [0, 0.1) is 5.82 Å². The van der Waals surface area contributed by atoms with Crippen LogP contribution in [0.2, 0.25) is 15.1 Å². The van der Waals surface area contributed by atoms with Gasteiger partial charge in [0.1, 0.15) is 11.5 Å². The predicted octanol–water partition coefficient (Wildman–Crippen LogP) is 6.44. The van der Waals surface area contributed by atoms with Crippen molar-refractivity contribution < 1.29 is 9.18 Å². The van der Waals surface area contributed by atoms with E-state index in [0.29, 0.717) is 36.4 Å². The Kier molecular flexibility index (Phi) is 6.34. The first-order valence-electron chi connectivity index (χ1n) is 8.80. The Bertz CT molecular complexity index is 1270. The largest absolute Gasteiger partial charge is 0.303 e. The summed E-state index contributed by atoms with van der Waals surface area (Å²) in [6.45, 7) is 0.100. The van der Waals surface area contributed by atoms with Crippen molar-refractivity contribution in [2.24, 2.45) is 0 Å². The van der Waals surface area contributed by atoms with Crippen LogP contribution in [0.25, 0.3) is 11.3 Å². The van der Waals surface area contributed by atoms with Gasteiger partial charge >= 0.3 is 0 Å². The van der Waals surface area contributed by atoms with Crippen molar-refractivity contribution in [2.75, 3.05) is 5.32 Å². The highest BCUT2D eigenvalue weighted by molar-refractivity contribution is 9.10. The zero-order chi connectivity index (χ0) is 22.1. The van der Waals surface area contributed by atoms with E-state index < -0.39 is 11.7 Å². The topological polar surface area (TPSA) is 75.6 Å². The molecule has 0 unspecified atom stereocenters. The first kappa shape index (κ1) is 21.8. The summed E-state index contributed by atoms with van der Waals surface area (Å²) in [7, 11) is 0. The second-order valence-electron chi connectivity index (χ2n) is 6.47. The molecule has 1 amide bonds. The van der Waals surface area contributed by atoms with E-state index in [-0.39, 0.29) is 18.1 Å². The van der Waals surface area contributed by atoms with Crippen molar-refractivity contribution in [1.29, 1.82) is 0 Å². The summed E-state index contributed by atoms with van der Waals surface area (Å²) in [4.78, 5) is 12.6. The molecular weight excluding hydrogens is 532 g/mol. The van der Waals surface area contributed by atoms with E-state index in [9.17, 15) is 9.18 Å². The molecule has 2 heterocycles. The number of hydrogen-bond donors (Lipinski definition) is 2. The molecule has 0 aliphatic heterocycles. The lowest BCUT2D eigenvalue weighted by atomic mass is 10.1.